The van der Waals surface area contributed by atoms with Crippen molar-refractivity contribution in [2.24, 2.45) is 0 Å². The van der Waals surface area contributed by atoms with E-state index < -0.39 is 10.0 Å². The maximum atomic E-state index is 12.0. The average Bonchev–Trinajstić information content (AvgIpc) is 2.46. The van der Waals surface area contributed by atoms with Crippen LogP contribution < -0.4 is 10.0 Å². The highest BCUT2D eigenvalue weighted by Crippen LogP contribution is 2.13. The third kappa shape index (κ3) is 5.90. The first-order chi connectivity index (χ1) is 9.60. The van der Waals surface area contributed by atoms with Crippen molar-refractivity contribution in [3.05, 3.63) is 24.3 Å². The number of benzene rings is 1. The van der Waals surface area contributed by atoms with E-state index in [-0.39, 0.29) is 4.90 Å². The van der Waals surface area contributed by atoms with Crippen molar-refractivity contribution in [1.29, 1.82) is 0 Å². The van der Waals surface area contributed by atoms with E-state index in [1.165, 1.54) is 0 Å². The van der Waals surface area contributed by atoms with Gasteiger partial charge >= 0.3 is 0 Å². The number of sulfonamides is 1. The molecule has 2 N–H and O–H groups in total. The van der Waals surface area contributed by atoms with Gasteiger partial charge in [0.1, 0.15) is 0 Å². The largest absolute Gasteiger partial charge is 0.388 e. The van der Waals surface area contributed by atoms with Gasteiger partial charge in [-0.05, 0) is 37.1 Å². The van der Waals surface area contributed by atoms with Crippen LogP contribution >= 0.6 is 0 Å². The molecule has 114 valence electrons. The summed E-state index contributed by atoms with van der Waals surface area (Å²) < 4.78 is 31.9. The van der Waals surface area contributed by atoms with Crippen LogP contribution in [0.5, 0.6) is 0 Å². The van der Waals surface area contributed by atoms with Crippen molar-refractivity contribution < 1.29 is 13.2 Å². The lowest BCUT2D eigenvalue weighted by Crippen LogP contribution is -2.25. The molecular weight excluding hydrogens is 276 g/mol. The molecule has 5 nitrogen and oxygen atoms in total. The molecule has 0 spiro atoms. The van der Waals surface area contributed by atoms with Gasteiger partial charge in [-0.3, -0.25) is 0 Å². The molecule has 0 aliphatic heterocycles. The quantitative estimate of drug-likeness (QED) is 0.650. The van der Waals surface area contributed by atoms with Crippen molar-refractivity contribution in [3.63, 3.8) is 0 Å². The van der Waals surface area contributed by atoms with E-state index in [2.05, 4.69) is 17.0 Å². The van der Waals surface area contributed by atoms with Gasteiger partial charge in [0, 0.05) is 32.5 Å². The van der Waals surface area contributed by atoms with E-state index in [4.69, 9.17) is 4.74 Å². The van der Waals surface area contributed by atoms with Crippen molar-refractivity contribution in [3.8, 4) is 0 Å². The van der Waals surface area contributed by atoms with Crippen LogP contribution in [0.15, 0.2) is 29.2 Å². The van der Waals surface area contributed by atoms with Gasteiger partial charge in [0.05, 0.1) is 4.90 Å². The average molecular weight is 300 g/mol. The van der Waals surface area contributed by atoms with Crippen LogP contribution in [0.1, 0.15) is 26.2 Å². The maximum Gasteiger partial charge on any atom is 0.240 e. The molecule has 0 fully saturated rings. The molecule has 0 amide bonds. The van der Waals surface area contributed by atoms with Gasteiger partial charge in [0.2, 0.25) is 10.0 Å². The van der Waals surface area contributed by atoms with E-state index in [1.54, 1.807) is 31.3 Å². The molecule has 6 heteroatoms. The van der Waals surface area contributed by atoms with Gasteiger partial charge in [-0.1, -0.05) is 13.3 Å². The van der Waals surface area contributed by atoms with Gasteiger partial charge in [0.15, 0.2) is 0 Å². The summed E-state index contributed by atoms with van der Waals surface area (Å²) in [4.78, 5) is 0.281. The van der Waals surface area contributed by atoms with E-state index in [0.717, 1.165) is 25.1 Å². The number of nitrogens with one attached hydrogen (secondary N) is 2. The first-order valence-corrected chi connectivity index (χ1v) is 8.43. The highest BCUT2D eigenvalue weighted by atomic mass is 32.2. The Hall–Kier alpha value is -1.11. The van der Waals surface area contributed by atoms with Gasteiger partial charge in [-0.2, -0.15) is 0 Å². The van der Waals surface area contributed by atoms with Gasteiger partial charge in [-0.15, -0.1) is 0 Å². The Morgan fingerprint density at radius 1 is 1.10 bits per heavy atom. The predicted octanol–water partition coefficient (Wildman–Crippen LogP) is 2.21. The Bertz CT molecular complexity index is 472. The smallest absolute Gasteiger partial charge is 0.240 e. The summed E-state index contributed by atoms with van der Waals surface area (Å²) in [7, 11) is -1.62. The first kappa shape index (κ1) is 16.9. The molecule has 1 rings (SSSR count). The molecule has 1 aromatic rings. The van der Waals surface area contributed by atoms with Crippen LogP contribution in [0.2, 0.25) is 0 Å². The number of anilines is 1. The number of rotatable bonds is 10. The molecule has 1 aromatic carbocycles. The van der Waals surface area contributed by atoms with Crippen molar-refractivity contribution in [1.82, 2.24) is 4.72 Å². The second-order valence-electron chi connectivity index (χ2n) is 4.49. The molecule has 20 heavy (non-hydrogen) atoms. The molecule has 0 bridgehead atoms. The molecule has 0 saturated carbocycles. The maximum absolute atomic E-state index is 12.0. The predicted molar refractivity (Wildman–Crippen MR) is 81.5 cm³/mol. The molecule has 0 aliphatic rings. The number of hydrogen-bond acceptors (Lipinski definition) is 4. The summed E-state index contributed by atoms with van der Waals surface area (Å²) in [6, 6.07) is 6.66. The molecule has 0 heterocycles. The zero-order valence-electron chi connectivity index (χ0n) is 12.2. The fourth-order valence-electron chi connectivity index (χ4n) is 1.61. The summed E-state index contributed by atoms with van der Waals surface area (Å²) in [6.45, 7) is 3.83. The number of ether oxygens (including phenoxy) is 1. The number of hydrogen-bond donors (Lipinski definition) is 2. The van der Waals surface area contributed by atoms with E-state index in [1.807, 2.05) is 0 Å². The minimum atomic E-state index is -3.42. The van der Waals surface area contributed by atoms with Gasteiger partial charge in [0.25, 0.3) is 0 Å². The fraction of sp³-hybridized carbons (Fsp3) is 0.571. The standard InChI is InChI=1S/C14H24N2O3S/c1-3-4-11-19-12-5-10-16-20(17,18)14-8-6-13(15-2)7-9-14/h6-9,15-16H,3-5,10-12H2,1-2H3. The highest BCUT2D eigenvalue weighted by molar-refractivity contribution is 7.89. The van der Waals surface area contributed by atoms with Crippen LogP contribution in [0.4, 0.5) is 5.69 Å². The highest BCUT2D eigenvalue weighted by Gasteiger charge is 2.12. The number of unbranched alkanes of at least 4 members (excludes halogenated alkanes) is 1. The second kappa shape index (κ2) is 8.94. The summed E-state index contributed by atoms with van der Waals surface area (Å²) in [5, 5.41) is 2.95. The van der Waals surface area contributed by atoms with Gasteiger partial charge < -0.3 is 10.1 Å². The zero-order chi connectivity index (χ0) is 14.8. The molecule has 0 radical (unpaired) electrons. The minimum absolute atomic E-state index is 0.281. The second-order valence-corrected chi connectivity index (χ2v) is 6.26. The Kier molecular flexibility index (Phi) is 7.58. The van der Waals surface area contributed by atoms with Crippen LogP contribution in [0.3, 0.4) is 0 Å². The fourth-order valence-corrected chi connectivity index (χ4v) is 2.69. The molecule has 0 atom stereocenters. The topological polar surface area (TPSA) is 67.4 Å². The van der Waals surface area contributed by atoms with Crippen LogP contribution in [-0.4, -0.2) is 35.2 Å². The molecular formula is C14H24N2O3S. The zero-order valence-corrected chi connectivity index (χ0v) is 13.0. The Morgan fingerprint density at radius 3 is 2.35 bits per heavy atom. The SMILES string of the molecule is CCCCOCCCNS(=O)(=O)c1ccc(NC)cc1. The normalized spacial score (nSPS) is 11.5. The van der Waals surface area contributed by atoms with Crippen molar-refractivity contribution >= 4 is 15.7 Å². The van der Waals surface area contributed by atoms with Crippen LogP contribution in [0.25, 0.3) is 0 Å². The van der Waals surface area contributed by atoms with Crippen molar-refractivity contribution in [2.75, 3.05) is 32.1 Å². The summed E-state index contributed by atoms with van der Waals surface area (Å²) in [5.74, 6) is 0. The van der Waals surface area contributed by atoms with Gasteiger partial charge in [-0.25, -0.2) is 13.1 Å². The van der Waals surface area contributed by atoms with E-state index in [9.17, 15) is 8.42 Å². The minimum Gasteiger partial charge on any atom is -0.388 e. The summed E-state index contributed by atoms with van der Waals surface area (Å²) in [5.41, 5.74) is 0.883. The third-order valence-corrected chi connectivity index (χ3v) is 4.33. The van der Waals surface area contributed by atoms with Crippen LogP contribution in [-0.2, 0) is 14.8 Å². The third-order valence-electron chi connectivity index (χ3n) is 2.85. The Balaban J connectivity index is 2.33. The Morgan fingerprint density at radius 2 is 1.75 bits per heavy atom. The lowest BCUT2D eigenvalue weighted by molar-refractivity contribution is 0.130. The van der Waals surface area contributed by atoms with Crippen LogP contribution in [0, 0.1) is 0 Å². The van der Waals surface area contributed by atoms with E-state index >= 15 is 0 Å². The monoisotopic (exact) mass is 300 g/mol. The van der Waals surface area contributed by atoms with Crippen molar-refractivity contribution in [2.45, 2.75) is 31.1 Å². The van der Waals surface area contributed by atoms with E-state index in [0.29, 0.717) is 19.6 Å². The molecule has 0 saturated heterocycles. The lowest BCUT2D eigenvalue weighted by Gasteiger charge is -2.08. The molecule has 0 unspecified atom stereocenters. The molecule has 0 aliphatic carbocycles. The Labute approximate surface area is 121 Å². The summed E-state index contributed by atoms with van der Waals surface area (Å²) in [6.07, 6.45) is 2.83. The molecule has 0 aromatic heterocycles. The summed E-state index contributed by atoms with van der Waals surface area (Å²) >= 11 is 0. The lowest BCUT2D eigenvalue weighted by atomic mass is 10.3. The first-order valence-electron chi connectivity index (χ1n) is 6.95.